The Morgan fingerprint density at radius 1 is 1.29 bits per heavy atom. The van der Waals surface area contributed by atoms with Gasteiger partial charge in [-0.15, -0.1) is 0 Å². The van der Waals surface area contributed by atoms with Crippen molar-refractivity contribution >= 4 is 18.0 Å². The predicted octanol–water partition coefficient (Wildman–Crippen LogP) is 0.692. The van der Waals surface area contributed by atoms with Crippen molar-refractivity contribution in [2.24, 2.45) is 17.8 Å². The number of methoxy groups -OCH3 is 1. The summed E-state index contributed by atoms with van der Waals surface area (Å²) in [4.78, 5) is 36.2. The van der Waals surface area contributed by atoms with E-state index in [0.29, 0.717) is 32.5 Å². The summed E-state index contributed by atoms with van der Waals surface area (Å²) >= 11 is 0. The number of hydrogen-bond donors (Lipinski definition) is 2. The highest BCUT2D eigenvalue weighted by molar-refractivity contribution is 5.78. The third kappa shape index (κ3) is 3.65. The largest absolute Gasteiger partial charge is 0.481 e. The number of urea groups is 1. The second-order valence-electron chi connectivity index (χ2n) is 5.78. The minimum atomic E-state index is -0.779. The fourth-order valence-corrected chi connectivity index (χ4v) is 3.24. The first-order chi connectivity index (χ1) is 10.0. The van der Waals surface area contributed by atoms with Crippen LogP contribution in [0.5, 0.6) is 0 Å². The topological polar surface area (TPSA) is 95.9 Å². The number of carbonyl (C=O) groups excluding carboxylic acids is 2. The molecule has 0 radical (unpaired) electrons. The van der Waals surface area contributed by atoms with E-state index in [1.54, 1.807) is 4.90 Å². The normalized spacial score (nSPS) is 28.4. The van der Waals surface area contributed by atoms with Gasteiger partial charge < -0.3 is 20.1 Å². The minimum absolute atomic E-state index is 0.00505. The maximum atomic E-state index is 12.1. The van der Waals surface area contributed by atoms with Gasteiger partial charge in [-0.2, -0.15) is 0 Å². The number of carboxylic acid groups (broad SMARTS) is 1. The minimum Gasteiger partial charge on any atom is -0.481 e. The second-order valence-corrected chi connectivity index (χ2v) is 5.78. The van der Waals surface area contributed by atoms with Gasteiger partial charge in [-0.05, 0) is 25.2 Å². The van der Waals surface area contributed by atoms with Crippen LogP contribution < -0.4 is 5.32 Å². The zero-order valence-electron chi connectivity index (χ0n) is 12.2. The molecule has 0 aromatic rings. The molecule has 21 heavy (non-hydrogen) atoms. The number of likely N-dealkylation sites (tertiary alicyclic amines) is 1. The summed E-state index contributed by atoms with van der Waals surface area (Å²) in [5, 5.41) is 11.9. The number of hydrogen-bond acceptors (Lipinski definition) is 4. The Morgan fingerprint density at radius 3 is 2.71 bits per heavy atom. The average Bonchev–Trinajstić information content (AvgIpc) is 3.12. The zero-order chi connectivity index (χ0) is 15.4. The van der Waals surface area contributed by atoms with E-state index >= 15 is 0 Å². The van der Waals surface area contributed by atoms with Crippen LogP contribution in [0.1, 0.15) is 25.7 Å². The first-order valence-corrected chi connectivity index (χ1v) is 7.36. The summed E-state index contributed by atoms with van der Waals surface area (Å²) in [5.41, 5.74) is 0. The van der Waals surface area contributed by atoms with Crippen molar-refractivity contribution < 1.29 is 24.2 Å². The molecule has 0 aromatic heterocycles. The van der Waals surface area contributed by atoms with Gasteiger partial charge >= 0.3 is 18.0 Å². The highest BCUT2D eigenvalue weighted by Crippen LogP contribution is 2.31. The smallest absolute Gasteiger partial charge is 0.317 e. The summed E-state index contributed by atoms with van der Waals surface area (Å²) in [7, 11) is 1.34. The molecule has 0 spiro atoms. The Bertz CT molecular complexity index is 426. The van der Waals surface area contributed by atoms with Crippen molar-refractivity contribution in [1.29, 1.82) is 0 Å². The van der Waals surface area contributed by atoms with Crippen LogP contribution in [0.2, 0.25) is 0 Å². The number of esters is 1. The summed E-state index contributed by atoms with van der Waals surface area (Å²) in [5.74, 6) is -1.66. The molecule has 1 saturated heterocycles. The molecule has 3 atom stereocenters. The molecule has 1 aliphatic carbocycles. The van der Waals surface area contributed by atoms with Gasteiger partial charge in [0.1, 0.15) is 0 Å². The van der Waals surface area contributed by atoms with Crippen LogP contribution in [0.25, 0.3) is 0 Å². The maximum Gasteiger partial charge on any atom is 0.317 e. The van der Waals surface area contributed by atoms with Gasteiger partial charge in [0.15, 0.2) is 0 Å². The van der Waals surface area contributed by atoms with E-state index in [1.807, 2.05) is 0 Å². The lowest BCUT2D eigenvalue weighted by Crippen LogP contribution is -2.42. The molecule has 2 N–H and O–H groups in total. The average molecular weight is 298 g/mol. The fraction of sp³-hybridized carbons (Fsp3) is 0.786. The summed E-state index contributed by atoms with van der Waals surface area (Å²) in [6.45, 7) is 1.28. The third-order valence-electron chi connectivity index (χ3n) is 4.50. The van der Waals surface area contributed by atoms with E-state index in [9.17, 15) is 14.4 Å². The van der Waals surface area contributed by atoms with Gasteiger partial charge in [0.05, 0.1) is 18.9 Å². The van der Waals surface area contributed by atoms with Gasteiger partial charge in [-0.1, -0.05) is 6.42 Å². The van der Waals surface area contributed by atoms with Crippen molar-refractivity contribution in [3.63, 3.8) is 0 Å². The number of amides is 2. The number of carboxylic acids is 1. The van der Waals surface area contributed by atoms with E-state index in [4.69, 9.17) is 5.11 Å². The monoisotopic (exact) mass is 298 g/mol. The lowest BCUT2D eigenvalue weighted by Gasteiger charge is -2.20. The number of rotatable bonds is 4. The van der Waals surface area contributed by atoms with Crippen LogP contribution in [0.15, 0.2) is 0 Å². The standard InChI is InChI=1S/C14H22N2O5/c1-21-13(19)10-5-6-16(8-10)14(20)15-7-9-3-2-4-11(9)12(17)18/h9-11H,2-8H2,1H3,(H,15,20)(H,17,18). The maximum absolute atomic E-state index is 12.1. The molecule has 2 amide bonds. The molecule has 0 bridgehead atoms. The number of nitrogens with zero attached hydrogens (tertiary/aromatic N) is 1. The van der Waals surface area contributed by atoms with Crippen LogP contribution in [0.3, 0.4) is 0 Å². The Labute approximate surface area is 123 Å². The molecule has 1 saturated carbocycles. The van der Waals surface area contributed by atoms with Crippen molar-refractivity contribution in [2.45, 2.75) is 25.7 Å². The van der Waals surface area contributed by atoms with Crippen molar-refractivity contribution in [3.8, 4) is 0 Å². The fourth-order valence-electron chi connectivity index (χ4n) is 3.24. The predicted molar refractivity (Wildman–Crippen MR) is 73.6 cm³/mol. The van der Waals surface area contributed by atoms with Crippen LogP contribution in [0, 0.1) is 17.8 Å². The molecule has 2 rings (SSSR count). The lowest BCUT2D eigenvalue weighted by molar-refractivity contribution is -0.145. The van der Waals surface area contributed by atoms with Gasteiger partial charge in [-0.25, -0.2) is 4.79 Å². The third-order valence-corrected chi connectivity index (χ3v) is 4.50. The van der Waals surface area contributed by atoms with Crippen LogP contribution >= 0.6 is 0 Å². The SMILES string of the molecule is COC(=O)C1CCN(C(=O)NCC2CCCC2C(=O)O)C1. The van der Waals surface area contributed by atoms with Gasteiger partial charge in [0.25, 0.3) is 0 Å². The molecule has 1 aliphatic heterocycles. The molecule has 118 valence electrons. The molecule has 2 fully saturated rings. The highest BCUT2D eigenvalue weighted by atomic mass is 16.5. The van der Waals surface area contributed by atoms with Gasteiger partial charge in [-0.3, -0.25) is 9.59 Å². The molecule has 7 nitrogen and oxygen atoms in total. The van der Waals surface area contributed by atoms with E-state index in [-0.39, 0.29) is 29.8 Å². The number of ether oxygens (including phenoxy) is 1. The van der Waals surface area contributed by atoms with Gasteiger partial charge in [0, 0.05) is 19.6 Å². The molecule has 0 aromatic carbocycles. The molecule has 7 heteroatoms. The van der Waals surface area contributed by atoms with E-state index < -0.39 is 5.97 Å². The zero-order valence-corrected chi connectivity index (χ0v) is 12.2. The molecular formula is C14H22N2O5. The van der Waals surface area contributed by atoms with Crippen molar-refractivity contribution in [3.05, 3.63) is 0 Å². The first-order valence-electron chi connectivity index (χ1n) is 7.36. The Morgan fingerprint density at radius 2 is 2.05 bits per heavy atom. The Hall–Kier alpha value is -1.79. The molecule has 3 unspecified atom stereocenters. The van der Waals surface area contributed by atoms with Crippen LogP contribution in [-0.2, 0) is 14.3 Å². The molecule has 2 aliphatic rings. The van der Waals surface area contributed by atoms with Crippen molar-refractivity contribution in [2.75, 3.05) is 26.7 Å². The van der Waals surface area contributed by atoms with Crippen LogP contribution in [-0.4, -0.2) is 54.7 Å². The molecule has 1 heterocycles. The Kier molecular flexibility index (Phi) is 5.03. The second kappa shape index (κ2) is 6.78. The van der Waals surface area contributed by atoms with E-state index in [2.05, 4.69) is 10.1 Å². The highest BCUT2D eigenvalue weighted by Gasteiger charge is 2.35. The van der Waals surface area contributed by atoms with Crippen molar-refractivity contribution in [1.82, 2.24) is 10.2 Å². The summed E-state index contributed by atoms with van der Waals surface area (Å²) < 4.78 is 4.68. The van der Waals surface area contributed by atoms with E-state index in [0.717, 1.165) is 12.8 Å². The quantitative estimate of drug-likeness (QED) is 0.745. The van der Waals surface area contributed by atoms with E-state index in [1.165, 1.54) is 7.11 Å². The van der Waals surface area contributed by atoms with Crippen LogP contribution in [0.4, 0.5) is 4.79 Å². The number of carbonyl (C=O) groups is 3. The lowest BCUT2D eigenvalue weighted by atomic mass is 9.96. The Balaban J connectivity index is 1.78. The number of aliphatic carboxylic acids is 1. The molecular weight excluding hydrogens is 276 g/mol. The van der Waals surface area contributed by atoms with Gasteiger partial charge in [0.2, 0.25) is 0 Å². The first kappa shape index (κ1) is 15.6. The number of nitrogens with one attached hydrogen (secondary N) is 1. The summed E-state index contributed by atoms with van der Waals surface area (Å²) in [6.07, 6.45) is 3.03. The summed E-state index contributed by atoms with van der Waals surface area (Å²) in [6, 6.07) is -0.225.